The molecule has 3 aromatic rings. The lowest BCUT2D eigenvalue weighted by Crippen LogP contribution is -2.52. The molecule has 0 unspecified atom stereocenters. The van der Waals surface area contributed by atoms with Crippen molar-refractivity contribution in [2.24, 2.45) is 5.92 Å². The number of carbonyl (C=O) groups is 2. The average Bonchev–Trinajstić information content (AvgIpc) is 3.72. The summed E-state index contributed by atoms with van der Waals surface area (Å²) < 4.78 is 0. The number of hydrogen-bond acceptors (Lipinski definition) is 4. The van der Waals surface area contributed by atoms with E-state index in [4.69, 9.17) is 23.2 Å². The van der Waals surface area contributed by atoms with Gasteiger partial charge in [0.15, 0.2) is 0 Å². The van der Waals surface area contributed by atoms with E-state index < -0.39 is 5.41 Å². The van der Waals surface area contributed by atoms with Crippen molar-refractivity contribution in [2.45, 2.75) is 50.1 Å². The summed E-state index contributed by atoms with van der Waals surface area (Å²) in [6.45, 7) is 6.67. The van der Waals surface area contributed by atoms with Crippen molar-refractivity contribution in [2.75, 3.05) is 33.2 Å². The molecular weight excluding hydrogens is 553 g/mol. The average molecular weight is 593 g/mol. The number of ketones is 1. The molecule has 1 saturated heterocycles. The van der Waals surface area contributed by atoms with Gasteiger partial charge in [0.2, 0.25) is 5.91 Å². The lowest BCUT2D eigenvalue weighted by molar-refractivity contribution is -0.135. The van der Waals surface area contributed by atoms with Gasteiger partial charge in [0.1, 0.15) is 5.78 Å². The van der Waals surface area contributed by atoms with Crippen LogP contribution in [0.3, 0.4) is 0 Å². The standard InChI is InChI=1S/C34H39Cl2N3O2/c1-24(40)22-37-33(27-12-8-5-9-13-27)16-18-39(19-17-33)23-29-21-34(29,28-14-15-30(35)31(36)20-28)32(41)38(3)25(2)26-10-6-4-7-11-26/h4-15,20,25,29,37H,16-19,21-23H2,1-3H3/t25-,29-,34+/m0/s1. The minimum Gasteiger partial charge on any atom is -0.338 e. The SMILES string of the molecule is CC(=O)CNC1(c2ccccc2)CCN(C[C@@H]2C[C@@]2(C(=O)N(C)[C@@H](C)c2ccccc2)c2ccc(Cl)c(Cl)c2)CC1. The van der Waals surface area contributed by atoms with Crippen LogP contribution in [0.4, 0.5) is 0 Å². The predicted octanol–water partition coefficient (Wildman–Crippen LogP) is 6.64. The van der Waals surface area contributed by atoms with Crippen molar-refractivity contribution in [3.05, 3.63) is 106 Å². The molecule has 1 amide bonds. The number of piperidine rings is 1. The Morgan fingerprint density at radius 3 is 2.20 bits per heavy atom. The smallest absolute Gasteiger partial charge is 0.233 e. The molecule has 0 aromatic heterocycles. The normalized spacial score (nSPS) is 22.6. The van der Waals surface area contributed by atoms with Crippen molar-refractivity contribution in [1.29, 1.82) is 0 Å². The Hall–Kier alpha value is -2.70. The molecular formula is C34H39Cl2N3O2. The molecule has 216 valence electrons. The fraction of sp³-hybridized carbons (Fsp3) is 0.412. The van der Waals surface area contributed by atoms with E-state index in [2.05, 4.69) is 53.5 Å². The van der Waals surface area contributed by atoms with Gasteiger partial charge in [-0.3, -0.25) is 9.59 Å². The molecule has 1 saturated carbocycles. The number of nitrogens with zero attached hydrogens (tertiary/aromatic N) is 2. The molecule has 1 aliphatic carbocycles. The van der Waals surface area contributed by atoms with Crippen LogP contribution in [0.15, 0.2) is 78.9 Å². The van der Waals surface area contributed by atoms with Gasteiger partial charge in [0.25, 0.3) is 0 Å². The van der Waals surface area contributed by atoms with Crippen LogP contribution in [0.5, 0.6) is 0 Å². The Morgan fingerprint density at radius 1 is 0.951 bits per heavy atom. The lowest BCUT2D eigenvalue weighted by atomic mass is 9.80. The van der Waals surface area contributed by atoms with Crippen LogP contribution in [-0.4, -0.2) is 54.7 Å². The monoisotopic (exact) mass is 591 g/mol. The zero-order chi connectivity index (χ0) is 29.2. The van der Waals surface area contributed by atoms with Gasteiger partial charge in [-0.15, -0.1) is 0 Å². The second kappa shape index (κ2) is 12.3. The van der Waals surface area contributed by atoms with Crippen molar-refractivity contribution in [3.8, 4) is 0 Å². The first-order chi connectivity index (χ1) is 19.7. The second-order valence-electron chi connectivity index (χ2n) is 11.8. The summed E-state index contributed by atoms with van der Waals surface area (Å²) in [6, 6.07) is 26.2. The highest BCUT2D eigenvalue weighted by Gasteiger charge is 2.62. The van der Waals surface area contributed by atoms with E-state index in [0.29, 0.717) is 16.6 Å². The van der Waals surface area contributed by atoms with E-state index >= 15 is 0 Å². The number of carbonyl (C=O) groups excluding carboxylic acids is 2. The maximum atomic E-state index is 14.3. The van der Waals surface area contributed by atoms with E-state index in [-0.39, 0.29) is 29.2 Å². The molecule has 2 fully saturated rings. The van der Waals surface area contributed by atoms with Gasteiger partial charge in [-0.25, -0.2) is 0 Å². The van der Waals surface area contributed by atoms with E-state index in [0.717, 1.165) is 50.0 Å². The molecule has 1 heterocycles. The molecule has 5 nitrogen and oxygen atoms in total. The number of rotatable bonds is 10. The van der Waals surface area contributed by atoms with Crippen molar-refractivity contribution < 1.29 is 9.59 Å². The molecule has 2 aliphatic rings. The van der Waals surface area contributed by atoms with Crippen LogP contribution in [0.2, 0.25) is 10.0 Å². The first-order valence-corrected chi connectivity index (χ1v) is 15.2. The number of nitrogens with one attached hydrogen (secondary N) is 1. The number of benzene rings is 3. The largest absolute Gasteiger partial charge is 0.338 e. The third-order valence-corrected chi connectivity index (χ3v) is 10.0. The minimum absolute atomic E-state index is 0.0570. The number of hydrogen-bond donors (Lipinski definition) is 1. The lowest BCUT2D eigenvalue weighted by Gasteiger charge is -2.43. The van der Waals surface area contributed by atoms with Crippen LogP contribution in [0.1, 0.15) is 55.8 Å². The zero-order valence-corrected chi connectivity index (χ0v) is 25.6. The summed E-state index contributed by atoms with van der Waals surface area (Å²) in [5.41, 5.74) is 2.41. The summed E-state index contributed by atoms with van der Waals surface area (Å²) in [5, 5.41) is 4.56. The van der Waals surface area contributed by atoms with Crippen LogP contribution in [0.25, 0.3) is 0 Å². The van der Waals surface area contributed by atoms with Crippen molar-refractivity contribution in [1.82, 2.24) is 15.1 Å². The van der Waals surface area contributed by atoms with Crippen LogP contribution in [-0.2, 0) is 20.5 Å². The number of likely N-dealkylation sites (N-methyl/N-ethyl adjacent to an activating group) is 1. The molecule has 3 atom stereocenters. The Kier molecular flexibility index (Phi) is 8.91. The van der Waals surface area contributed by atoms with E-state index in [1.807, 2.05) is 48.3 Å². The molecule has 41 heavy (non-hydrogen) atoms. The third-order valence-electron chi connectivity index (χ3n) is 9.30. The summed E-state index contributed by atoms with van der Waals surface area (Å²) in [4.78, 5) is 30.5. The Bertz CT molecular complexity index is 1380. The number of amides is 1. The molecule has 7 heteroatoms. The highest BCUT2D eigenvalue weighted by Crippen LogP contribution is 2.57. The van der Waals surface area contributed by atoms with Crippen LogP contribution >= 0.6 is 23.2 Å². The molecule has 1 aliphatic heterocycles. The maximum Gasteiger partial charge on any atom is 0.233 e. The van der Waals surface area contributed by atoms with Gasteiger partial charge in [-0.05, 0) is 67.9 Å². The Balaban J connectivity index is 1.35. The zero-order valence-electron chi connectivity index (χ0n) is 24.1. The topological polar surface area (TPSA) is 52.7 Å². The Morgan fingerprint density at radius 2 is 1.59 bits per heavy atom. The predicted molar refractivity (Wildman–Crippen MR) is 166 cm³/mol. The van der Waals surface area contributed by atoms with Crippen LogP contribution < -0.4 is 5.32 Å². The second-order valence-corrected chi connectivity index (χ2v) is 12.6. The van der Waals surface area contributed by atoms with Crippen molar-refractivity contribution >= 4 is 34.9 Å². The van der Waals surface area contributed by atoms with Gasteiger partial charge in [-0.2, -0.15) is 0 Å². The third kappa shape index (κ3) is 6.10. The highest BCUT2D eigenvalue weighted by atomic mass is 35.5. The number of likely N-dealkylation sites (tertiary alicyclic amines) is 1. The highest BCUT2D eigenvalue weighted by molar-refractivity contribution is 6.42. The minimum atomic E-state index is -0.632. The summed E-state index contributed by atoms with van der Waals surface area (Å²) in [7, 11) is 1.91. The van der Waals surface area contributed by atoms with Crippen LogP contribution in [0, 0.1) is 5.92 Å². The molecule has 0 spiro atoms. The molecule has 5 rings (SSSR count). The Labute approximate surface area is 253 Å². The van der Waals surface area contributed by atoms with Gasteiger partial charge in [0, 0.05) is 32.2 Å². The summed E-state index contributed by atoms with van der Waals surface area (Å²) >= 11 is 12.7. The van der Waals surface area contributed by atoms with E-state index in [1.54, 1.807) is 13.0 Å². The molecule has 0 bridgehead atoms. The number of Topliss-reactive ketones (excluding diaryl/α,β-unsaturated/α-hetero) is 1. The first-order valence-electron chi connectivity index (χ1n) is 14.5. The van der Waals surface area contributed by atoms with Crippen molar-refractivity contribution in [3.63, 3.8) is 0 Å². The quantitative estimate of drug-likeness (QED) is 0.287. The van der Waals surface area contributed by atoms with Gasteiger partial charge in [-0.1, -0.05) is 89.9 Å². The van der Waals surface area contributed by atoms with Gasteiger partial charge < -0.3 is 15.1 Å². The summed E-state index contributed by atoms with van der Waals surface area (Å²) in [5.74, 6) is 0.433. The van der Waals surface area contributed by atoms with E-state index in [9.17, 15) is 9.59 Å². The van der Waals surface area contributed by atoms with E-state index in [1.165, 1.54) is 5.56 Å². The maximum absolute atomic E-state index is 14.3. The van der Waals surface area contributed by atoms with Gasteiger partial charge >= 0.3 is 0 Å². The molecule has 0 radical (unpaired) electrons. The molecule has 1 N–H and O–H groups in total. The fourth-order valence-corrected chi connectivity index (χ4v) is 6.85. The summed E-state index contributed by atoms with van der Waals surface area (Å²) in [6.07, 6.45) is 2.57. The molecule has 3 aromatic carbocycles. The number of halogens is 2. The van der Waals surface area contributed by atoms with Gasteiger partial charge in [0.05, 0.1) is 28.0 Å². The first kappa shape index (κ1) is 29.8. The fourth-order valence-electron chi connectivity index (χ4n) is 6.56.